The Morgan fingerprint density at radius 2 is 2.03 bits per heavy atom. The Kier molecular flexibility index (Phi) is 10.1. The van der Waals surface area contributed by atoms with Gasteiger partial charge in [0.2, 0.25) is 5.91 Å². The average Bonchev–Trinajstić information content (AvgIpc) is 3.20. The van der Waals surface area contributed by atoms with Crippen LogP contribution in [-0.2, 0) is 24.2 Å². The van der Waals surface area contributed by atoms with E-state index in [2.05, 4.69) is 82.5 Å². The molecule has 1 aliphatic carbocycles. The van der Waals surface area contributed by atoms with Crippen molar-refractivity contribution in [1.82, 2.24) is 20.1 Å². The van der Waals surface area contributed by atoms with Gasteiger partial charge < -0.3 is 9.88 Å². The SMILES string of the molecule is CCCNC(=O)CCCCc1nnc(SCC2=CC=CC(C)C2)n1CCc1ccccc1. The zero-order valence-electron chi connectivity index (χ0n) is 19.4. The molecule has 1 atom stereocenters. The lowest BCUT2D eigenvalue weighted by Crippen LogP contribution is -2.23. The Labute approximate surface area is 196 Å². The van der Waals surface area contributed by atoms with Crippen molar-refractivity contribution < 1.29 is 4.79 Å². The summed E-state index contributed by atoms with van der Waals surface area (Å²) in [5.74, 6) is 2.74. The summed E-state index contributed by atoms with van der Waals surface area (Å²) >= 11 is 1.79. The van der Waals surface area contributed by atoms with Crippen molar-refractivity contribution >= 4 is 17.7 Å². The van der Waals surface area contributed by atoms with Crippen LogP contribution in [0.3, 0.4) is 0 Å². The summed E-state index contributed by atoms with van der Waals surface area (Å²) < 4.78 is 2.29. The van der Waals surface area contributed by atoms with Gasteiger partial charge in [0.25, 0.3) is 0 Å². The van der Waals surface area contributed by atoms with Gasteiger partial charge in [0.1, 0.15) is 5.82 Å². The number of benzene rings is 1. The first-order chi connectivity index (χ1) is 15.7. The third-order valence-corrected chi connectivity index (χ3v) is 6.70. The molecule has 0 spiro atoms. The first-order valence-corrected chi connectivity index (χ1v) is 12.9. The second-order valence-corrected chi connectivity index (χ2v) is 9.47. The molecule has 1 aliphatic rings. The van der Waals surface area contributed by atoms with E-state index in [9.17, 15) is 4.79 Å². The molecule has 5 nitrogen and oxygen atoms in total. The lowest BCUT2D eigenvalue weighted by Gasteiger charge is -2.15. The van der Waals surface area contributed by atoms with Gasteiger partial charge in [0.15, 0.2) is 5.16 Å². The topological polar surface area (TPSA) is 59.8 Å². The minimum Gasteiger partial charge on any atom is -0.356 e. The minimum atomic E-state index is 0.151. The van der Waals surface area contributed by atoms with Crippen LogP contribution in [0.25, 0.3) is 0 Å². The van der Waals surface area contributed by atoms with Crippen molar-refractivity contribution in [3.8, 4) is 0 Å². The predicted molar refractivity (Wildman–Crippen MR) is 133 cm³/mol. The van der Waals surface area contributed by atoms with Gasteiger partial charge in [-0.3, -0.25) is 4.79 Å². The van der Waals surface area contributed by atoms with E-state index in [4.69, 9.17) is 0 Å². The van der Waals surface area contributed by atoms with Crippen molar-refractivity contribution in [2.45, 2.75) is 70.5 Å². The maximum Gasteiger partial charge on any atom is 0.219 e. The maximum absolute atomic E-state index is 11.8. The Morgan fingerprint density at radius 3 is 2.81 bits per heavy atom. The van der Waals surface area contributed by atoms with Crippen molar-refractivity contribution in [3.63, 3.8) is 0 Å². The predicted octanol–water partition coefficient (Wildman–Crippen LogP) is 5.37. The zero-order valence-corrected chi connectivity index (χ0v) is 20.2. The molecular weight excluding hydrogens is 416 g/mol. The highest BCUT2D eigenvalue weighted by Gasteiger charge is 2.15. The van der Waals surface area contributed by atoms with E-state index in [1.165, 1.54) is 11.1 Å². The summed E-state index contributed by atoms with van der Waals surface area (Å²) in [6.07, 6.45) is 13.0. The van der Waals surface area contributed by atoms with Gasteiger partial charge in [-0.15, -0.1) is 10.2 Å². The number of hydrogen-bond donors (Lipinski definition) is 1. The van der Waals surface area contributed by atoms with Gasteiger partial charge in [-0.25, -0.2) is 0 Å². The highest BCUT2D eigenvalue weighted by Crippen LogP contribution is 2.26. The lowest BCUT2D eigenvalue weighted by atomic mass is 9.97. The van der Waals surface area contributed by atoms with E-state index >= 15 is 0 Å². The molecule has 2 aromatic rings. The molecule has 1 aromatic heterocycles. The molecule has 6 heteroatoms. The number of rotatable bonds is 13. The normalized spacial score (nSPS) is 15.6. The zero-order chi connectivity index (χ0) is 22.6. The molecule has 1 heterocycles. The van der Waals surface area contributed by atoms with Gasteiger partial charge in [0, 0.05) is 31.7 Å². The molecule has 172 valence electrons. The van der Waals surface area contributed by atoms with Crippen molar-refractivity contribution in [2.24, 2.45) is 5.92 Å². The van der Waals surface area contributed by atoms with E-state index in [1.807, 2.05) is 0 Å². The van der Waals surface area contributed by atoms with E-state index < -0.39 is 0 Å². The number of hydrogen-bond acceptors (Lipinski definition) is 4. The number of amides is 1. The monoisotopic (exact) mass is 452 g/mol. The third kappa shape index (κ3) is 7.97. The first-order valence-electron chi connectivity index (χ1n) is 11.9. The molecule has 0 saturated carbocycles. The number of nitrogens with zero attached hydrogens (tertiary/aromatic N) is 3. The highest BCUT2D eigenvalue weighted by molar-refractivity contribution is 7.99. The number of aromatic nitrogens is 3. The number of carbonyl (C=O) groups is 1. The molecule has 0 fully saturated rings. The van der Waals surface area contributed by atoms with Crippen LogP contribution in [0.1, 0.15) is 57.3 Å². The molecule has 1 unspecified atom stereocenters. The summed E-state index contributed by atoms with van der Waals surface area (Å²) in [6.45, 7) is 5.97. The van der Waals surface area contributed by atoms with Gasteiger partial charge in [-0.2, -0.15) is 0 Å². The number of allylic oxidation sites excluding steroid dienone is 3. The van der Waals surface area contributed by atoms with Crippen LogP contribution in [0, 0.1) is 5.92 Å². The molecule has 1 aromatic carbocycles. The highest BCUT2D eigenvalue weighted by atomic mass is 32.2. The van der Waals surface area contributed by atoms with Crippen molar-refractivity contribution in [1.29, 1.82) is 0 Å². The number of nitrogens with one attached hydrogen (secondary N) is 1. The van der Waals surface area contributed by atoms with Gasteiger partial charge in [-0.1, -0.05) is 79.7 Å². The van der Waals surface area contributed by atoms with Crippen molar-refractivity contribution in [2.75, 3.05) is 12.3 Å². The van der Waals surface area contributed by atoms with Gasteiger partial charge in [0.05, 0.1) is 0 Å². The van der Waals surface area contributed by atoms with E-state index in [-0.39, 0.29) is 5.91 Å². The fourth-order valence-corrected chi connectivity index (χ4v) is 4.82. The van der Waals surface area contributed by atoms with E-state index in [0.717, 1.165) is 68.3 Å². The summed E-state index contributed by atoms with van der Waals surface area (Å²) in [6, 6.07) is 10.6. The summed E-state index contributed by atoms with van der Waals surface area (Å²) in [5, 5.41) is 13.0. The summed E-state index contributed by atoms with van der Waals surface area (Å²) in [4.78, 5) is 11.8. The molecule has 3 rings (SSSR count). The lowest BCUT2D eigenvalue weighted by molar-refractivity contribution is -0.121. The van der Waals surface area contributed by atoms with Crippen LogP contribution >= 0.6 is 11.8 Å². The second-order valence-electron chi connectivity index (χ2n) is 8.52. The smallest absolute Gasteiger partial charge is 0.219 e. The molecule has 0 aliphatic heterocycles. The fraction of sp³-hybridized carbons (Fsp3) is 0.500. The minimum absolute atomic E-state index is 0.151. The van der Waals surface area contributed by atoms with Crippen LogP contribution in [0.4, 0.5) is 0 Å². The molecule has 1 N–H and O–H groups in total. The number of carbonyl (C=O) groups excluding carboxylic acids is 1. The number of thioether (sulfide) groups is 1. The average molecular weight is 453 g/mol. The standard InChI is InChI=1S/C26H36N4OS/c1-3-17-27-25(31)15-8-7-14-24-28-29-26(32-20-23-13-9-10-21(2)19-23)30(24)18-16-22-11-5-4-6-12-22/h4-6,9-13,21H,3,7-8,14-20H2,1-2H3,(H,27,31). The van der Waals surface area contributed by atoms with E-state index in [0.29, 0.717) is 12.3 Å². The molecule has 1 amide bonds. The Balaban J connectivity index is 1.59. The molecular formula is C26H36N4OS. The number of unbranched alkanes of at least 4 members (excludes halogenated alkanes) is 1. The first kappa shape index (κ1) is 24.3. The van der Waals surface area contributed by atoms with Crippen LogP contribution < -0.4 is 5.32 Å². The second kappa shape index (κ2) is 13.3. The van der Waals surface area contributed by atoms with Gasteiger partial charge in [-0.05, 0) is 43.6 Å². The summed E-state index contributed by atoms with van der Waals surface area (Å²) in [7, 11) is 0. The quantitative estimate of drug-likeness (QED) is 0.328. The Hall–Kier alpha value is -2.34. The Bertz CT molecular complexity index is 904. The molecule has 0 bridgehead atoms. The van der Waals surface area contributed by atoms with Crippen molar-refractivity contribution in [3.05, 3.63) is 65.5 Å². The molecule has 0 saturated heterocycles. The third-order valence-electron chi connectivity index (χ3n) is 5.63. The fourth-order valence-electron chi connectivity index (χ4n) is 3.84. The maximum atomic E-state index is 11.8. The van der Waals surface area contributed by atoms with Crippen LogP contribution in [0.15, 0.2) is 59.3 Å². The molecule has 0 radical (unpaired) electrons. The van der Waals surface area contributed by atoms with Crippen LogP contribution in [0.2, 0.25) is 0 Å². The molecule has 32 heavy (non-hydrogen) atoms. The summed E-state index contributed by atoms with van der Waals surface area (Å²) in [5.41, 5.74) is 2.78. The number of aryl methyl sites for hydroxylation is 2. The Morgan fingerprint density at radius 1 is 1.19 bits per heavy atom. The van der Waals surface area contributed by atoms with Crippen LogP contribution in [-0.4, -0.2) is 33.0 Å². The van der Waals surface area contributed by atoms with Crippen LogP contribution in [0.5, 0.6) is 0 Å². The largest absolute Gasteiger partial charge is 0.356 e. The van der Waals surface area contributed by atoms with Gasteiger partial charge >= 0.3 is 0 Å². The van der Waals surface area contributed by atoms with E-state index in [1.54, 1.807) is 11.8 Å².